The van der Waals surface area contributed by atoms with Crippen LogP contribution in [0.3, 0.4) is 0 Å². The van der Waals surface area contributed by atoms with Gasteiger partial charge in [0, 0.05) is 0 Å². The predicted octanol–water partition coefficient (Wildman–Crippen LogP) is 0.680. The van der Waals surface area contributed by atoms with E-state index >= 15 is 0 Å². The maximum absolute atomic E-state index is 13.0. The molecular weight excluding hydrogens is 191 g/mol. The van der Waals surface area contributed by atoms with Crippen molar-refractivity contribution in [2.24, 2.45) is 0 Å². The van der Waals surface area contributed by atoms with Gasteiger partial charge in [-0.3, -0.25) is 0 Å². The van der Waals surface area contributed by atoms with Crippen LogP contribution in [0.2, 0.25) is 0 Å². The molecule has 0 aliphatic rings. The Morgan fingerprint density at radius 2 is 2.21 bits per heavy atom. The van der Waals surface area contributed by atoms with Crippen LogP contribution < -0.4 is 0 Å². The summed E-state index contributed by atoms with van der Waals surface area (Å²) in [5.41, 5.74) is -0.513. The fourth-order valence-electron chi connectivity index (χ4n) is 0.925. The van der Waals surface area contributed by atoms with E-state index in [9.17, 15) is 9.18 Å². The summed E-state index contributed by atoms with van der Waals surface area (Å²) < 4.78 is 17.5. The summed E-state index contributed by atoms with van der Waals surface area (Å²) in [5, 5.41) is 17.5. The van der Waals surface area contributed by atoms with E-state index in [4.69, 9.17) is 10.2 Å². The highest BCUT2D eigenvalue weighted by Crippen LogP contribution is 2.20. The Kier molecular flexibility index (Phi) is 3.41. The maximum atomic E-state index is 13.0. The molecular formula is C9H9FO4. The van der Waals surface area contributed by atoms with E-state index in [1.807, 2.05) is 0 Å². The van der Waals surface area contributed by atoms with E-state index in [0.717, 1.165) is 6.07 Å². The summed E-state index contributed by atoms with van der Waals surface area (Å²) in [7, 11) is 0. The largest absolute Gasteiger partial charge is 0.507 e. The fraction of sp³-hybridized carbons (Fsp3) is 0.222. The van der Waals surface area contributed by atoms with Gasteiger partial charge < -0.3 is 14.9 Å². The molecule has 0 aromatic heterocycles. The van der Waals surface area contributed by atoms with Gasteiger partial charge in [0.05, 0.1) is 6.61 Å². The number of aromatic hydroxyl groups is 1. The van der Waals surface area contributed by atoms with E-state index in [1.54, 1.807) is 0 Å². The first-order valence-corrected chi connectivity index (χ1v) is 3.92. The van der Waals surface area contributed by atoms with Crippen molar-refractivity contribution in [2.45, 2.75) is 0 Å². The van der Waals surface area contributed by atoms with E-state index in [0.29, 0.717) is 0 Å². The molecule has 0 aliphatic carbocycles. The third-order valence-electron chi connectivity index (χ3n) is 1.52. The average molecular weight is 200 g/mol. The Bertz CT molecular complexity index is 317. The lowest BCUT2D eigenvalue weighted by atomic mass is 10.2. The van der Waals surface area contributed by atoms with Crippen LogP contribution in [0, 0.1) is 5.82 Å². The van der Waals surface area contributed by atoms with Crippen molar-refractivity contribution >= 4 is 5.97 Å². The van der Waals surface area contributed by atoms with Crippen LogP contribution in [0.5, 0.6) is 5.75 Å². The standard InChI is InChI=1S/C9H9FO4/c10-6-2-1-3-7(12)8(6)9(13)14-5-4-11/h1-3,11-12H,4-5H2. The summed E-state index contributed by atoms with van der Waals surface area (Å²) >= 11 is 0. The molecule has 0 spiro atoms. The summed E-state index contributed by atoms with van der Waals surface area (Å²) in [6, 6.07) is 3.49. The second-order valence-corrected chi connectivity index (χ2v) is 2.49. The minimum absolute atomic E-state index is 0.230. The smallest absolute Gasteiger partial charge is 0.345 e. The average Bonchev–Trinajstić information content (AvgIpc) is 2.14. The van der Waals surface area contributed by atoms with Crippen LogP contribution in [-0.2, 0) is 4.74 Å². The second-order valence-electron chi connectivity index (χ2n) is 2.49. The lowest BCUT2D eigenvalue weighted by Crippen LogP contribution is -2.10. The van der Waals surface area contributed by atoms with Gasteiger partial charge in [-0.1, -0.05) is 6.07 Å². The van der Waals surface area contributed by atoms with Crippen molar-refractivity contribution < 1.29 is 24.1 Å². The van der Waals surface area contributed by atoms with Gasteiger partial charge in [-0.05, 0) is 12.1 Å². The van der Waals surface area contributed by atoms with E-state index in [-0.39, 0.29) is 13.2 Å². The number of ether oxygens (including phenoxy) is 1. The zero-order chi connectivity index (χ0) is 10.6. The lowest BCUT2D eigenvalue weighted by molar-refractivity contribution is 0.0425. The van der Waals surface area contributed by atoms with Gasteiger partial charge in [-0.25, -0.2) is 9.18 Å². The molecule has 0 amide bonds. The molecule has 0 saturated carbocycles. The fourth-order valence-corrected chi connectivity index (χ4v) is 0.925. The Hall–Kier alpha value is -1.62. The first-order chi connectivity index (χ1) is 6.66. The summed E-state index contributed by atoms with van der Waals surface area (Å²) in [5.74, 6) is -2.32. The van der Waals surface area contributed by atoms with Crippen molar-refractivity contribution in [1.29, 1.82) is 0 Å². The Morgan fingerprint density at radius 3 is 2.79 bits per heavy atom. The van der Waals surface area contributed by atoms with Crippen LogP contribution in [0.4, 0.5) is 4.39 Å². The summed E-state index contributed by atoms with van der Waals surface area (Å²) in [6.07, 6.45) is 0. The van der Waals surface area contributed by atoms with Crippen molar-refractivity contribution in [1.82, 2.24) is 0 Å². The van der Waals surface area contributed by atoms with Gasteiger partial charge in [0.1, 0.15) is 23.7 Å². The molecule has 4 nitrogen and oxygen atoms in total. The van der Waals surface area contributed by atoms with Crippen LogP contribution in [0.1, 0.15) is 10.4 Å². The molecule has 14 heavy (non-hydrogen) atoms. The number of hydrogen-bond donors (Lipinski definition) is 2. The molecule has 76 valence electrons. The minimum Gasteiger partial charge on any atom is -0.507 e. The van der Waals surface area contributed by atoms with Crippen LogP contribution in [-0.4, -0.2) is 29.4 Å². The van der Waals surface area contributed by atoms with Crippen LogP contribution >= 0.6 is 0 Å². The summed E-state index contributed by atoms with van der Waals surface area (Å²) in [6.45, 7) is -0.576. The third-order valence-corrected chi connectivity index (χ3v) is 1.52. The van der Waals surface area contributed by atoms with Crippen molar-refractivity contribution in [3.8, 4) is 5.75 Å². The number of halogens is 1. The molecule has 5 heteroatoms. The number of rotatable bonds is 3. The van der Waals surface area contributed by atoms with E-state index < -0.39 is 23.1 Å². The van der Waals surface area contributed by atoms with Gasteiger partial charge in [-0.2, -0.15) is 0 Å². The third kappa shape index (κ3) is 2.20. The van der Waals surface area contributed by atoms with Crippen molar-refractivity contribution in [3.05, 3.63) is 29.6 Å². The van der Waals surface area contributed by atoms with Gasteiger partial charge >= 0.3 is 5.97 Å². The van der Waals surface area contributed by atoms with Crippen molar-refractivity contribution in [3.63, 3.8) is 0 Å². The highest BCUT2D eigenvalue weighted by Gasteiger charge is 2.17. The van der Waals surface area contributed by atoms with E-state index in [1.165, 1.54) is 12.1 Å². The molecule has 1 aromatic carbocycles. The van der Waals surface area contributed by atoms with Crippen molar-refractivity contribution in [2.75, 3.05) is 13.2 Å². The Morgan fingerprint density at radius 1 is 1.50 bits per heavy atom. The molecule has 0 fully saturated rings. The number of benzene rings is 1. The molecule has 1 rings (SSSR count). The number of aliphatic hydroxyl groups is 1. The number of phenols is 1. The van der Waals surface area contributed by atoms with Gasteiger partial charge in [0.15, 0.2) is 0 Å². The molecule has 0 heterocycles. The lowest BCUT2D eigenvalue weighted by Gasteiger charge is -2.05. The molecule has 0 radical (unpaired) electrons. The minimum atomic E-state index is -0.991. The number of aliphatic hydroxyl groups excluding tert-OH is 1. The number of carbonyl (C=O) groups excluding carboxylic acids is 1. The monoisotopic (exact) mass is 200 g/mol. The zero-order valence-electron chi connectivity index (χ0n) is 7.24. The predicted molar refractivity (Wildman–Crippen MR) is 45.4 cm³/mol. The highest BCUT2D eigenvalue weighted by molar-refractivity contribution is 5.92. The first-order valence-electron chi connectivity index (χ1n) is 3.92. The molecule has 0 bridgehead atoms. The van der Waals surface area contributed by atoms with Crippen LogP contribution in [0.15, 0.2) is 18.2 Å². The number of phenolic OH excluding ortho intramolecular Hbond substituents is 1. The Balaban J connectivity index is 2.89. The number of esters is 1. The number of carbonyl (C=O) groups is 1. The van der Waals surface area contributed by atoms with E-state index in [2.05, 4.69) is 4.74 Å². The maximum Gasteiger partial charge on any atom is 0.345 e. The first kappa shape index (κ1) is 10.5. The second kappa shape index (κ2) is 4.57. The quantitative estimate of drug-likeness (QED) is 0.704. The molecule has 0 atom stereocenters. The summed E-state index contributed by atoms with van der Waals surface area (Å²) in [4.78, 5) is 11.1. The molecule has 0 aliphatic heterocycles. The van der Waals surface area contributed by atoms with Crippen LogP contribution in [0.25, 0.3) is 0 Å². The SMILES string of the molecule is O=C(OCCO)c1c(O)cccc1F. The topological polar surface area (TPSA) is 66.8 Å². The molecule has 0 unspecified atom stereocenters. The Labute approximate surface area is 79.6 Å². The molecule has 1 aromatic rings. The van der Waals surface area contributed by atoms with Gasteiger partial charge in [0.25, 0.3) is 0 Å². The highest BCUT2D eigenvalue weighted by atomic mass is 19.1. The normalized spacial score (nSPS) is 9.86. The zero-order valence-corrected chi connectivity index (χ0v) is 7.24. The number of hydrogen-bond acceptors (Lipinski definition) is 4. The molecule has 0 saturated heterocycles. The molecule has 2 N–H and O–H groups in total. The van der Waals surface area contributed by atoms with Gasteiger partial charge in [-0.15, -0.1) is 0 Å². The van der Waals surface area contributed by atoms with Gasteiger partial charge in [0.2, 0.25) is 0 Å².